The number of hydrogen-bond acceptors (Lipinski definition) is 4. The highest BCUT2D eigenvalue weighted by Gasteiger charge is 2.22. The van der Waals surface area contributed by atoms with Gasteiger partial charge in [0.15, 0.2) is 0 Å². The van der Waals surface area contributed by atoms with Gasteiger partial charge in [-0.05, 0) is 16.7 Å². The zero-order chi connectivity index (χ0) is 14.4. The van der Waals surface area contributed by atoms with Gasteiger partial charge in [0.2, 0.25) is 0 Å². The lowest BCUT2D eigenvalue weighted by atomic mass is 10.0. The lowest BCUT2D eigenvalue weighted by molar-refractivity contribution is 0.0722. The SMILES string of the molecule is CO[C@H](c1ccc(-c2cncs2)cc1)[C@@H](CF)N=[N+]=[N-]. The molecular weight excluding hydrogens is 279 g/mol. The second-order valence-corrected chi connectivity index (χ2v) is 4.96. The van der Waals surface area contributed by atoms with Crippen LogP contribution in [0.15, 0.2) is 41.1 Å². The molecule has 0 spiro atoms. The minimum absolute atomic E-state index is 0.591. The van der Waals surface area contributed by atoms with E-state index in [0.717, 1.165) is 16.0 Å². The molecule has 2 rings (SSSR count). The number of ether oxygens (including phenoxy) is 1. The lowest BCUT2D eigenvalue weighted by Crippen LogP contribution is -2.20. The maximum absolute atomic E-state index is 12.9. The highest BCUT2D eigenvalue weighted by molar-refractivity contribution is 7.13. The summed E-state index contributed by atoms with van der Waals surface area (Å²) in [5.41, 5.74) is 12.0. The van der Waals surface area contributed by atoms with Gasteiger partial charge in [0.1, 0.15) is 6.67 Å². The largest absolute Gasteiger partial charge is 0.376 e. The molecule has 0 aliphatic carbocycles. The maximum atomic E-state index is 12.9. The van der Waals surface area contributed by atoms with Crippen molar-refractivity contribution in [2.45, 2.75) is 12.1 Å². The van der Waals surface area contributed by atoms with Crippen LogP contribution in [0.1, 0.15) is 11.7 Å². The van der Waals surface area contributed by atoms with E-state index >= 15 is 0 Å². The molecule has 0 fully saturated rings. The van der Waals surface area contributed by atoms with Crippen molar-refractivity contribution in [3.63, 3.8) is 0 Å². The smallest absolute Gasteiger partial charge is 0.101 e. The molecule has 7 heteroatoms. The van der Waals surface area contributed by atoms with Gasteiger partial charge in [0.05, 0.1) is 22.5 Å². The molecular formula is C13H13FN4OS. The number of methoxy groups -OCH3 is 1. The first kappa shape index (κ1) is 14.5. The summed E-state index contributed by atoms with van der Waals surface area (Å²) >= 11 is 1.55. The number of rotatable bonds is 6. The first-order valence-electron chi connectivity index (χ1n) is 5.92. The second-order valence-electron chi connectivity index (χ2n) is 4.07. The van der Waals surface area contributed by atoms with Crippen LogP contribution < -0.4 is 0 Å². The van der Waals surface area contributed by atoms with Crippen LogP contribution in [0.5, 0.6) is 0 Å². The van der Waals surface area contributed by atoms with Crippen molar-refractivity contribution in [1.82, 2.24) is 4.98 Å². The van der Waals surface area contributed by atoms with Crippen LogP contribution in [0.2, 0.25) is 0 Å². The summed E-state index contributed by atoms with van der Waals surface area (Å²) < 4.78 is 18.2. The Bertz CT molecular complexity index is 581. The van der Waals surface area contributed by atoms with Gasteiger partial charge >= 0.3 is 0 Å². The van der Waals surface area contributed by atoms with Crippen LogP contribution >= 0.6 is 11.3 Å². The molecule has 0 N–H and O–H groups in total. The van der Waals surface area contributed by atoms with Gasteiger partial charge in [-0.15, -0.1) is 11.3 Å². The molecule has 2 atom stereocenters. The van der Waals surface area contributed by atoms with Crippen molar-refractivity contribution in [3.05, 3.63) is 52.0 Å². The molecule has 20 heavy (non-hydrogen) atoms. The Morgan fingerprint density at radius 1 is 1.45 bits per heavy atom. The number of hydrogen-bond donors (Lipinski definition) is 0. The van der Waals surface area contributed by atoms with Crippen LogP contribution in [-0.4, -0.2) is 24.8 Å². The number of benzene rings is 1. The van der Waals surface area contributed by atoms with Gasteiger partial charge < -0.3 is 4.74 Å². The quantitative estimate of drug-likeness (QED) is 0.456. The maximum Gasteiger partial charge on any atom is 0.101 e. The predicted molar refractivity (Wildman–Crippen MR) is 76.2 cm³/mol. The third-order valence-corrected chi connectivity index (χ3v) is 3.74. The second kappa shape index (κ2) is 7.00. The molecule has 104 valence electrons. The standard InChI is InChI=1S/C13H13FN4OS/c1-19-13(11(6-14)17-18-15)10-4-2-9(3-5-10)12-7-16-8-20-12/h2-5,7-8,11,13H,6H2,1H3/t11-,13-/m1/s1. The first-order valence-corrected chi connectivity index (χ1v) is 6.80. The Morgan fingerprint density at radius 2 is 2.20 bits per heavy atom. The molecule has 0 saturated heterocycles. The van der Waals surface area contributed by atoms with E-state index in [2.05, 4.69) is 15.0 Å². The van der Waals surface area contributed by atoms with Crippen molar-refractivity contribution in [3.8, 4) is 10.4 Å². The van der Waals surface area contributed by atoms with E-state index in [1.807, 2.05) is 24.3 Å². The summed E-state index contributed by atoms with van der Waals surface area (Å²) in [6, 6.07) is 6.66. The zero-order valence-corrected chi connectivity index (χ0v) is 11.6. The van der Waals surface area contributed by atoms with Crippen LogP contribution in [0.3, 0.4) is 0 Å². The van der Waals surface area contributed by atoms with Gasteiger partial charge in [-0.25, -0.2) is 0 Å². The van der Waals surface area contributed by atoms with Crippen molar-refractivity contribution in [2.75, 3.05) is 13.8 Å². The fraction of sp³-hybridized carbons (Fsp3) is 0.308. The third-order valence-electron chi connectivity index (χ3n) is 2.92. The average Bonchev–Trinajstić information content (AvgIpc) is 3.02. The van der Waals surface area contributed by atoms with E-state index in [9.17, 15) is 4.39 Å². The molecule has 0 aliphatic heterocycles. The predicted octanol–water partition coefficient (Wildman–Crippen LogP) is 4.15. The van der Waals surface area contributed by atoms with Gasteiger partial charge in [-0.2, -0.15) is 0 Å². The van der Waals surface area contributed by atoms with Gasteiger partial charge in [0.25, 0.3) is 0 Å². The third kappa shape index (κ3) is 3.14. The summed E-state index contributed by atoms with van der Waals surface area (Å²) in [6.07, 6.45) is 1.20. The summed E-state index contributed by atoms with van der Waals surface area (Å²) in [5, 5.41) is 3.44. The molecule has 1 heterocycles. The summed E-state index contributed by atoms with van der Waals surface area (Å²) in [5.74, 6) is 0. The minimum atomic E-state index is -0.862. The van der Waals surface area contributed by atoms with E-state index in [4.69, 9.17) is 10.3 Å². The van der Waals surface area contributed by atoms with E-state index in [1.54, 1.807) is 23.0 Å². The Balaban J connectivity index is 2.25. The molecule has 0 amide bonds. The topological polar surface area (TPSA) is 70.9 Å². The summed E-state index contributed by atoms with van der Waals surface area (Å²) in [4.78, 5) is 7.74. The molecule has 1 aromatic carbocycles. The lowest BCUT2D eigenvalue weighted by Gasteiger charge is -2.20. The number of thiazole rings is 1. The van der Waals surface area contributed by atoms with Crippen LogP contribution in [-0.2, 0) is 4.74 Å². The van der Waals surface area contributed by atoms with E-state index in [-0.39, 0.29) is 0 Å². The molecule has 2 aromatic rings. The van der Waals surface area contributed by atoms with Crippen molar-refractivity contribution in [1.29, 1.82) is 0 Å². The highest BCUT2D eigenvalue weighted by Crippen LogP contribution is 2.28. The molecule has 0 saturated carbocycles. The molecule has 0 bridgehead atoms. The fourth-order valence-electron chi connectivity index (χ4n) is 1.95. The fourth-order valence-corrected chi connectivity index (χ4v) is 2.58. The van der Waals surface area contributed by atoms with Crippen LogP contribution in [0.25, 0.3) is 20.9 Å². The normalized spacial score (nSPS) is 13.5. The van der Waals surface area contributed by atoms with Crippen LogP contribution in [0, 0.1) is 0 Å². The molecule has 0 radical (unpaired) electrons. The van der Waals surface area contributed by atoms with Crippen molar-refractivity contribution < 1.29 is 9.13 Å². The molecule has 0 aliphatic rings. The monoisotopic (exact) mass is 292 g/mol. The van der Waals surface area contributed by atoms with E-state index in [0.29, 0.717) is 0 Å². The van der Waals surface area contributed by atoms with Gasteiger partial charge in [-0.3, -0.25) is 9.37 Å². The molecule has 5 nitrogen and oxygen atoms in total. The zero-order valence-electron chi connectivity index (χ0n) is 10.8. The Morgan fingerprint density at radius 3 is 2.70 bits per heavy atom. The number of nitrogens with zero attached hydrogens (tertiary/aromatic N) is 4. The Labute approximate surface area is 119 Å². The summed E-state index contributed by atoms with van der Waals surface area (Å²) in [7, 11) is 1.47. The number of aromatic nitrogens is 1. The molecule has 0 unspecified atom stereocenters. The van der Waals surface area contributed by atoms with E-state index < -0.39 is 18.8 Å². The Kier molecular flexibility index (Phi) is 5.06. The van der Waals surface area contributed by atoms with Gasteiger partial charge in [-0.1, -0.05) is 29.4 Å². The average molecular weight is 292 g/mol. The number of azide groups is 1. The minimum Gasteiger partial charge on any atom is -0.376 e. The van der Waals surface area contributed by atoms with Crippen molar-refractivity contribution in [2.24, 2.45) is 5.11 Å². The highest BCUT2D eigenvalue weighted by atomic mass is 32.1. The molecule has 1 aromatic heterocycles. The van der Waals surface area contributed by atoms with E-state index in [1.165, 1.54) is 7.11 Å². The first-order chi connectivity index (χ1) is 9.80. The Hall–Kier alpha value is -1.95. The van der Waals surface area contributed by atoms with Gasteiger partial charge in [0, 0.05) is 18.2 Å². The number of alkyl halides is 1. The number of halogens is 1. The van der Waals surface area contributed by atoms with Crippen molar-refractivity contribution >= 4 is 11.3 Å². The summed E-state index contributed by atoms with van der Waals surface area (Å²) in [6.45, 7) is -0.765. The van der Waals surface area contributed by atoms with Crippen LogP contribution in [0.4, 0.5) is 4.39 Å².